The molecule has 0 spiro atoms. The highest BCUT2D eigenvalue weighted by molar-refractivity contribution is 6.46. The minimum atomic E-state index is -0.685. The Morgan fingerprint density at radius 3 is 2.41 bits per heavy atom. The number of methoxy groups -OCH3 is 1. The Bertz CT molecular complexity index is 1010. The molecule has 1 amide bonds. The minimum Gasteiger partial charge on any atom is -0.507 e. The number of Topliss-reactive ketones (excluding diaryl/α,β-unsaturated/α-hetero) is 1. The zero-order valence-corrected chi connectivity index (χ0v) is 18.6. The Balaban J connectivity index is 1.72. The van der Waals surface area contributed by atoms with E-state index in [0.717, 1.165) is 18.7 Å². The SMILES string of the molecule is COc1ccc(C2C(=C(O)c3ccc(Cl)cc3)C(=O)C(=O)N2CC[NH+]2CCOCC2)cc1. The Labute approximate surface area is 191 Å². The van der Waals surface area contributed by atoms with E-state index in [1.54, 1.807) is 48.4 Å². The van der Waals surface area contributed by atoms with Crippen molar-refractivity contribution < 1.29 is 29.1 Å². The number of rotatable bonds is 6. The van der Waals surface area contributed by atoms with Crippen LogP contribution >= 0.6 is 11.6 Å². The summed E-state index contributed by atoms with van der Waals surface area (Å²) in [6, 6.07) is 13.1. The Kier molecular flexibility index (Phi) is 6.79. The van der Waals surface area contributed by atoms with E-state index in [9.17, 15) is 14.7 Å². The van der Waals surface area contributed by atoms with Crippen molar-refractivity contribution in [1.82, 2.24) is 4.90 Å². The number of aliphatic hydroxyl groups is 1. The van der Waals surface area contributed by atoms with E-state index in [1.165, 1.54) is 4.90 Å². The number of nitrogens with one attached hydrogen (secondary N) is 1. The molecule has 4 rings (SSSR count). The van der Waals surface area contributed by atoms with Gasteiger partial charge in [-0.2, -0.15) is 0 Å². The lowest BCUT2D eigenvalue weighted by Crippen LogP contribution is -3.14. The molecule has 2 saturated heterocycles. The first kappa shape index (κ1) is 22.3. The first-order chi connectivity index (χ1) is 15.5. The van der Waals surface area contributed by atoms with Crippen LogP contribution in [0.5, 0.6) is 5.75 Å². The second-order valence-corrected chi connectivity index (χ2v) is 8.32. The lowest BCUT2D eigenvalue weighted by atomic mass is 9.95. The molecule has 168 valence electrons. The summed E-state index contributed by atoms with van der Waals surface area (Å²) in [7, 11) is 1.58. The summed E-state index contributed by atoms with van der Waals surface area (Å²) >= 11 is 5.97. The van der Waals surface area contributed by atoms with Gasteiger partial charge in [-0.1, -0.05) is 23.7 Å². The zero-order valence-electron chi connectivity index (χ0n) is 17.8. The van der Waals surface area contributed by atoms with Gasteiger partial charge in [0.2, 0.25) is 0 Å². The van der Waals surface area contributed by atoms with Crippen LogP contribution in [0.3, 0.4) is 0 Å². The summed E-state index contributed by atoms with van der Waals surface area (Å²) in [6.45, 7) is 4.20. The predicted molar refractivity (Wildman–Crippen MR) is 120 cm³/mol. The van der Waals surface area contributed by atoms with Gasteiger partial charge >= 0.3 is 0 Å². The highest BCUT2D eigenvalue weighted by Gasteiger charge is 2.46. The number of hydrogen-bond acceptors (Lipinski definition) is 5. The molecular formula is C24H26ClN2O5+. The third-order valence-electron chi connectivity index (χ3n) is 6.00. The fourth-order valence-electron chi connectivity index (χ4n) is 4.20. The molecular weight excluding hydrogens is 432 g/mol. The monoisotopic (exact) mass is 457 g/mol. The average Bonchev–Trinajstić information content (AvgIpc) is 3.08. The number of amides is 1. The molecule has 2 heterocycles. The van der Waals surface area contributed by atoms with E-state index >= 15 is 0 Å². The highest BCUT2D eigenvalue weighted by Crippen LogP contribution is 2.39. The van der Waals surface area contributed by atoms with Gasteiger partial charge < -0.3 is 24.4 Å². The zero-order chi connectivity index (χ0) is 22.7. The molecule has 0 aliphatic carbocycles. The molecule has 2 N–H and O–H groups in total. The second kappa shape index (κ2) is 9.73. The number of likely N-dealkylation sites (tertiary alicyclic amines) is 1. The van der Waals surface area contributed by atoms with Crippen molar-refractivity contribution in [2.24, 2.45) is 0 Å². The Morgan fingerprint density at radius 1 is 1.12 bits per heavy atom. The maximum absolute atomic E-state index is 13.1. The summed E-state index contributed by atoms with van der Waals surface area (Å²) in [5, 5.41) is 11.6. The Morgan fingerprint density at radius 2 is 1.78 bits per heavy atom. The van der Waals surface area contributed by atoms with Crippen molar-refractivity contribution in [3.8, 4) is 5.75 Å². The lowest BCUT2D eigenvalue weighted by molar-refractivity contribution is -0.907. The molecule has 0 aromatic heterocycles. The fraction of sp³-hybridized carbons (Fsp3) is 0.333. The van der Waals surface area contributed by atoms with Crippen LogP contribution < -0.4 is 9.64 Å². The summed E-state index contributed by atoms with van der Waals surface area (Å²) in [6.07, 6.45) is 0. The van der Waals surface area contributed by atoms with Gasteiger partial charge in [0.25, 0.3) is 11.7 Å². The molecule has 2 fully saturated rings. The number of quaternary nitrogens is 1. The Hall–Kier alpha value is -2.87. The number of morpholine rings is 1. The third-order valence-corrected chi connectivity index (χ3v) is 6.25. The minimum absolute atomic E-state index is 0.0828. The number of carbonyl (C=O) groups is 2. The number of nitrogens with zero attached hydrogens (tertiary/aromatic N) is 1. The first-order valence-electron chi connectivity index (χ1n) is 10.6. The maximum atomic E-state index is 13.1. The molecule has 0 saturated carbocycles. The number of aliphatic hydroxyl groups excluding tert-OH is 1. The standard InChI is InChI=1S/C24H25ClN2O5/c1-31-19-8-4-16(5-9-19)21-20(22(28)17-2-6-18(25)7-3-17)23(29)24(30)27(21)11-10-26-12-14-32-15-13-26/h2-9,21,28H,10-15H2,1H3/p+1. The molecule has 2 aromatic rings. The molecule has 7 nitrogen and oxygen atoms in total. The van der Waals surface area contributed by atoms with Crippen LogP contribution in [0.25, 0.3) is 5.76 Å². The van der Waals surface area contributed by atoms with Crippen molar-refractivity contribution in [2.45, 2.75) is 6.04 Å². The highest BCUT2D eigenvalue weighted by atomic mass is 35.5. The van der Waals surface area contributed by atoms with Gasteiger partial charge in [-0.05, 0) is 42.0 Å². The van der Waals surface area contributed by atoms with Crippen molar-refractivity contribution in [3.63, 3.8) is 0 Å². The summed E-state index contributed by atoms with van der Waals surface area (Å²) in [5.74, 6) is -0.826. The summed E-state index contributed by atoms with van der Waals surface area (Å²) in [4.78, 5) is 29.0. The number of hydrogen-bond donors (Lipinski definition) is 2. The van der Waals surface area contributed by atoms with Crippen molar-refractivity contribution >= 4 is 29.1 Å². The van der Waals surface area contributed by atoms with Crippen LogP contribution in [0.1, 0.15) is 17.2 Å². The fourth-order valence-corrected chi connectivity index (χ4v) is 4.32. The van der Waals surface area contributed by atoms with Crippen molar-refractivity contribution in [2.75, 3.05) is 46.5 Å². The molecule has 2 aliphatic rings. The number of ether oxygens (including phenoxy) is 2. The van der Waals surface area contributed by atoms with Crippen LogP contribution in [-0.4, -0.2) is 68.2 Å². The average molecular weight is 458 g/mol. The lowest BCUT2D eigenvalue weighted by Gasteiger charge is -2.29. The molecule has 1 unspecified atom stereocenters. The smallest absolute Gasteiger partial charge is 0.295 e. The van der Waals surface area contributed by atoms with Gasteiger partial charge in [-0.15, -0.1) is 0 Å². The number of halogens is 1. The topological polar surface area (TPSA) is 80.5 Å². The molecule has 0 bridgehead atoms. The molecule has 0 radical (unpaired) electrons. The van der Waals surface area contributed by atoms with Crippen LogP contribution in [0, 0.1) is 0 Å². The maximum Gasteiger partial charge on any atom is 0.295 e. The predicted octanol–water partition coefficient (Wildman–Crippen LogP) is 1.69. The van der Waals surface area contributed by atoms with E-state index in [2.05, 4.69) is 0 Å². The van der Waals surface area contributed by atoms with Gasteiger partial charge in [-0.3, -0.25) is 9.59 Å². The number of carbonyl (C=O) groups excluding carboxylic acids is 2. The first-order valence-corrected chi connectivity index (χ1v) is 11.0. The van der Waals surface area contributed by atoms with E-state index in [-0.39, 0.29) is 11.3 Å². The van der Waals surface area contributed by atoms with Crippen molar-refractivity contribution in [3.05, 3.63) is 70.3 Å². The van der Waals surface area contributed by atoms with E-state index in [0.29, 0.717) is 42.6 Å². The molecule has 32 heavy (non-hydrogen) atoms. The molecule has 2 aromatic carbocycles. The molecule has 8 heteroatoms. The van der Waals surface area contributed by atoms with Gasteiger partial charge in [0.05, 0.1) is 45.0 Å². The van der Waals surface area contributed by atoms with Gasteiger partial charge in [0, 0.05) is 10.6 Å². The quantitative estimate of drug-likeness (QED) is 0.392. The van der Waals surface area contributed by atoms with Crippen LogP contribution in [0.4, 0.5) is 0 Å². The van der Waals surface area contributed by atoms with Crippen LogP contribution in [0.15, 0.2) is 54.1 Å². The third kappa shape index (κ3) is 4.50. The largest absolute Gasteiger partial charge is 0.507 e. The normalized spacial score (nSPS) is 21.2. The van der Waals surface area contributed by atoms with Gasteiger partial charge in [0.1, 0.15) is 24.6 Å². The molecule has 1 atom stereocenters. The van der Waals surface area contributed by atoms with Crippen LogP contribution in [0.2, 0.25) is 5.02 Å². The van der Waals surface area contributed by atoms with Crippen molar-refractivity contribution in [1.29, 1.82) is 0 Å². The van der Waals surface area contributed by atoms with Crippen LogP contribution in [-0.2, 0) is 14.3 Å². The summed E-state index contributed by atoms with van der Waals surface area (Å²) in [5.41, 5.74) is 1.25. The second-order valence-electron chi connectivity index (χ2n) is 7.88. The van der Waals surface area contributed by atoms with E-state index in [4.69, 9.17) is 21.1 Å². The molecule has 2 aliphatic heterocycles. The van der Waals surface area contributed by atoms with Gasteiger partial charge in [-0.25, -0.2) is 0 Å². The number of benzene rings is 2. The van der Waals surface area contributed by atoms with E-state index < -0.39 is 17.7 Å². The van der Waals surface area contributed by atoms with Gasteiger partial charge in [0.15, 0.2) is 0 Å². The summed E-state index contributed by atoms with van der Waals surface area (Å²) < 4.78 is 10.7. The van der Waals surface area contributed by atoms with E-state index in [1.807, 2.05) is 12.1 Å². The number of ketones is 1.